The van der Waals surface area contributed by atoms with Crippen LogP contribution in [0.4, 0.5) is 4.39 Å². The second-order valence-electron chi connectivity index (χ2n) is 6.71. The fourth-order valence-corrected chi connectivity index (χ4v) is 3.19. The van der Waals surface area contributed by atoms with E-state index in [1.165, 1.54) is 18.6 Å². The Bertz CT molecular complexity index is 773. The maximum atomic E-state index is 13.2. The van der Waals surface area contributed by atoms with Gasteiger partial charge in [0.05, 0.1) is 6.54 Å². The summed E-state index contributed by atoms with van der Waals surface area (Å²) in [5.74, 6) is 1.55. The van der Waals surface area contributed by atoms with Gasteiger partial charge in [0.15, 0.2) is 0 Å². The molecule has 1 aliphatic carbocycles. The number of halogens is 1. The van der Waals surface area contributed by atoms with Crippen LogP contribution in [0.1, 0.15) is 29.5 Å². The number of benzene rings is 1. The average molecular weight is 329 g/mol. The molecule has 0 N–H and O–H groups in total. The van der Waals surface area contributed by atoms with Crippen molar-refractivity contribution in [1.29, 1.82) is 0 Å². The summed E-state index contributed by atoms with van der Waals surface area (Å²) in [5, 5.41) is 4.43. The minimum Gasteiger partial charge on any atom is -0.487 e. The monoisotopic (exact) mass is 329 g/mol. The van der Waals surface area contributed by atoms with Crippen LogP contribution < -0.4 is 4.74 Å². The van der Waals surface area contributed by atoms with E-state index in [2.05, 4.69) is 12.0 Å². The Balaban J connectivity index is 1.43. The molecule has 2 heterocycles. The van der Waals surface area contributed by atoms with Crippen LogP contribution in [0.25, 0.3) is 0 Å². The summed E-state index contributed by atoms with van der Waals surface area (Å²) in [7, 11) is 0. The Hall–Kier alpha value is -2.37. The number of amides is 1. The maximum Gasteiger partial charge on any atom is 0.272 e. The molecule has 0 spiro atoms. The van der Waals surface area contributed by atoms with Gasteiger partial charge in [0, 0.05) is 19.2 Å². The van der Waals surface area contributed by atoms with Crippen LogP contribution in [0.2, 0.25) is 0 Å². The Kier molecular flexibility index (Phi) is 3.75. The molecular weight excluding hydrogens is 309 g/mol. The van der Waals surface area contributed by atoms with Crippen LogP contribution in [0, 0.1) is 17.7 Å². The molecule has 1 saturated carbocycles. The lowest BCUT2D eigenvalue weighted by molar-refractivity contribution is 0.0686. The molecule has 1 aromatic heterocycles. The highest BCUT2D eigenvalue weighted by Crippen LogP contribution is 2.38. The van der Waals surface area contributed by atoms with Crippen LogP contribution in [0.3, 0.4) is 0 Å². The van der Waals surface area contributed by atoms with Crippen molar-refractivity contribution in [2.75, 3.05) is 13.1 Å². The smallest absolute Gasteiger partial charge is 0.272 e. The van der Waals surface area contributed by atoms with Crippen molar-refractivity contribution in [2.45, 2.75) is 26.5 Å². The minimum absolute atomic E-state index is 0.0462. The van der Waals surface area contributed by atoms with Crippen molar-refractivity contribution in [3.05, 3.63) is 47.5 Å². The molecule has 2 atom stereocenters. The van der Waals surface area contributed by atoms with Gasteiger partial charge in [-0.05, 0) is 36.5 Å². The molecule has 0 unspecified atom stereocenters. The summed E-state index contributed by atoms with van der Waals surface area (Å²) in [6.45, 7) is 4.71. The molecule has 126 valence electrons. The van der Waals surface area contributed by atoms with Gasteiger partial charge in [-0.2, -0.15) is 5.10 Å². The van der Waals surface area contributed by atoms with Crippen molar-refractivity contribution >= 4 is 5.91 Å². The Labute approximate surface area is 140 Å². The van der Waals surface area contributed by atoms with Crippen molar-refractivity contribution in [3.8, 4) is 5.75 Å². The standard InChI is InChI=1S/C18H20FN3O2/c1-12-7-13(12)10-21-5-6-22-17(18(21)23)9-15(20-22)11-24-16-4-2-3-14(19)8-16/h2-4,8-9,12-13H,5-7,10-11H2,1H3/t12-,13+/m1/s1. The topological polar surface area (TPSA) is 47.4 Å². The van der Waals surface area contributed by atoms with Crippen LogP contribution in [0.15, 0.2) is 30.3 Å². The van der Waals surface area contributed by atoms with Gasteiger partial charge < -0.3 is 9.64 Å². The molecule has 0 bridgehead atoms. The van der Waals surface area contributed by atoms with Crippen molar-refractivity contribution in [3.63, 3.8) is 0 Å². The van der Waals surface area contributed by atoms with Gasteiger partial charge in [-0.15, -0.1) is 0 Å². The summed E-state index contributed by atoms with van der Waals surface area (Å²) >= 11 is 0. The first kappa shape index (κ1) is 15.2. The second kappa shape index (κ2) is 5.92. The number of nitrogens with zero attached hydrogens (tertiary/aromatic N) is 3. The van der Waals surface area contributed by atoms with Crippen molar-refractivity contribution in [1.82, 2.24) is 14.7 Å². The number of ether oxygens (including phenoxy) is 1. The zero-order valence-corrected chi connectivity index (χ0v) is 13.6. The van der Waals surface area contributed by atoms with E-state index in [9.17, 15) is 9.18 Å². The van der Waals surface area contributed by atoms with Gasteiger partial charge in [-0.3, -0.25) is 9.48 Å². The zero-order valence-electron chi connectivity index (χ0n) is 13.6. The molecule has 4 rings (SSSR count). The number of hydrogen-bond acceptors (Lipinski definition) is 3. The van der Waals surface area contributed by atoms with Crippen LogP contribution in [-0.2, 0) is 13.2 Å². The Morgan fingerprint density at radius 1 is 1.33 bits per heavy atom. The molecule has 1 fully saturated rings. The Morgan fingerprint density at radius 2 is 2.17 bits per heavy atom. The van der Waals surface area contributed by atoms with E-state index in [1.807, 2.05) is 4.90 Å². The molecule has 0 saturated heterocycles. The summed E-state index contributed by atoms with van der Waals surface area (Å²) in [5.41, 5.74) is 1.30. The second-order valence-corrected chi connectivity index (χ2v) is 6.71. The predicted octanol–water partition coefficient (Wildman–Crippen LogP) is 2.71. The predicted molar refractivity (Wildman–Crippen MR) is 86.1 cm³/mol. The molecule has 1 aromatic carbocycles. The highest BCUT2D eigenvalue weighted by molar-refractivity contribution is 5.93. The van der Waals surface area contributed by atoms with Gasteiger partial charge >= 0.3 is 0 Å². The number of carbonyl (C=O) groups is 1. The third-order valence-electron chi connectivity index (χ3n) is 4.83. The highest BCUT2D eigenvalue weighted by atomic mass is 19.1. The summed E-state index contributed by atoms with van der Waals surface area (Å²) in [6.07, 6.45) is 1.22. The first-order valence-electron chi connectivity index (χ1n) is 8.34. The summed E-state index contributed by atoms with van der Waals surface area (Å²) in [6, 6.07) is 7.78. The first-order chi connectivity index (χ1) is 11.6. The largest absolute Gasteiger partial charge is 0.487 e. The number of fused-ring (bicyclic) bond motifs is 1. The normalized spacial score (nSPS) is 22.4. The molecule has 2 aromatic rings. The number of aromatic nitrogens is 2. The fraction of sp³-hybridized carbons (Fsp3) is 0.444. The number of rotatable bonds is 5. The Morgan fingerprint density at radius 3 is 2.92 bits per heavy atom. The number of carbonyl (C=O) groups excluding carboxylic acids is 1. The first-order valence-corrected chi connectivity index (χ1v) is 8.34. The van der Waals surface area contributed by atoms with E-state index in [-0.39, 0.29) is 18.3 Å². The molecule has 1 aliphatic heterocycles. The molecule has 1 amide bonds. The molecule has 5 nitrogen and oxygen atoms in total. The van der Waals surface area contributed by atoms with Crippen LogP contribution in [0.5, 0.6) is 5.75 Å². The fourth-order valence-electron chi connectivity index (χ4n) is 3.19. The van der Waals surface area contributed by atoms with Gasteiger partial charge in [0.25, 0.3) is 5.91 Å². The maximum absolute atomic E-state index is 13.2. The van der Waals surface area contributed by atoms with E-state index in [4.69, 9.17) is 4.74 Å². The summed E-state index contributed by atoms with van der Waals surface area (Å²) in [4.78, 5) is 14.5. The van der Waals surface area contributed by atoms with E-state index in [1.54, 1.807) is 22.9 Å². The van der Waals surface area contributed by atoms with Gasteiger partial charge in [0.2, 0.25) is 0 Å². The number of hydrogen-bond donors (Lipinski definition) is 0. The van der Waals surface area contributed by atoms with E-state index < -0.39 is 0 Å². The third-order valence-corrected chi connectivity index (χ3v) is 4.83. The minimum atomic E-state index is -0.336. The zero-order chi connectivity index (χ0) is 16.7. The van der Waals surface area contributed by atoms with Gasteiger partial charge in [-0.25, -0.2) is 4.39 Å². The molecule has 24 heavy (non-hydrogen) atoms. The van der Waals surface area contributed by atoms with Crippen LogP contribution in [-0.4, -0.2) is 33.7 Å². The molecule has 2 aliphatic rings. The van der Waals surface area contributed by atoms with Gasteiger partial charge in [0.1, 0.15) is 29.6 Å². The van der Waals surface area contributed by atoms with Crippen LogP contribution >= 0.6 is 0 Å². The molecule has 6 heteroatoms. The quantitative estimate of drug-likeness (QED) is 0.847. The van der Waals surface area contributed by atoms with E-state index >= 15 is 0 Å². The lowest BCUT2D eigenvalue weighted by Crippen LogP contribution is -2.41. The lowest BCUT2D eigenvalue weighted by Gasteiger charge is -2.27. The van der Waals surface area contributed by atoms with E-state index in [0.717, 1.165) is 12.5 Å². The highest BCUT2D eigenvalue weighted by Gasteiger charge is 2.37. The van der Waals surface area contributed by atoms with Gasteiger partial charge in [-0.1, -0.05) is 13.0 Å². The molecule has 0 radical (unpaired) electrons. The molecular formula is C18H20FN3O2. The van der Waals surface area contributed by atoms with Crippen molar-refractivity contribution < 1.29 is 13.9 Å². The van der Waals surface area contributed by atoms with Crippen molar-refractivity contribution in [2.24, 2.45) is 11.8 Å². The third kappa shape index (κ3) is 3.00. The van der Waals surface area contributed by atoms with E-state index in [0.29, 0.717) is 36.1 Å². The summed E-state index contributed by atoms with van der Waals surface area (Å²) < 4.78 is 20.5. The average Bonchev–Trinajstić information content (AvgIpc) is 3.08. The SMILES string of the molecule is C[C@@H]1C[C@H]1CN1CCn2nc(COc3cccc(F)c3)cc2C1=O. The lowest BCUT2D eigenvalue weighted by atomic mass is 10.2.